The van der Waals surface area contributed by atoms with Crippen LogP contribution in [0.5, 0.6) is 0 Å². The maximum Gasteiger partial charge on any atom is 0.255 e. The molecular weight excluding hydrogens is 252 g/mol. The van der Waals surface area contributed by atoms with Crippen LogP contribution in [0.4, 0.5) is 0 Å². The van der Waals surface area contributed by atoms with Crippen LogP contribution in [0.2, 0.25) is 0 Å². The quantitative estimate of drug-likeness (QED) is 0.883. The van der Waals surface area contributed by atoms with Crippen LogP contribution in [-0.4, -0.2) is 21.0 Å². The molecule has 2 aromatic rings. The van der Waals surface area contributed by atoms with E-state index in [-0.39, 0.29) is 5.56 Å². The summed E-state index contributed by atoms with van der Waals surface area (Å²) in [6.45, 7) is 2.36. The van der Waals surface area contributed by atoms with Crippen molar-refractivity contribution in [2.75, 3.05) is 0 Å². The fraction of sp³-hybridized carbons (Fsp3) is 0.400. The van der Waals surface area contributed by atoms with Gasteiger partial charge in [0, 0.05) is 36.7 Å². The van der Waals surface area contributed by atoms with Gasteiger partial charge in [-0.3, -0.25) is 9.78 Å². The fourth-order valence-corrected chi connectivity index (χ4v) is 2.58. The summed E-state index contributed by atoms with van der Waals surface area (Å²) >= 11 is 0. The normalized spacial score (nSPS) is 21.4. The van der Waals surface area contributed by atoms with Gasteiger partial charge in [0.2, 0.25) is 0 Å². The zero-order valence-corrected chi connectivity index (χ0v) is 11.5. The van der Waals surface area contributed by atoms with Crippen LogP contribution in [0, 0.1) is 6.92 Å². The van der Waals surface area contributed by atoms with Crippen LogP contribution in [0.1, 0.15) is 35.7 Å². The van der Waals surface area contributed by atoms with E-state index in [2.05, 4.69) is 32.4 Å². The number of rotatable bonds is 4. The molecule has 0 atom stereocenters. The molecule has 104 valence electrons. The molecule has 5 heteroatoms. The van der Waals surface area contributed by atoms with Crippen molar-refractivity contribution in [3.63, 3.8) is 0 Å². The lowest BCUT2D eigenvalue weighted by atomic mass is 9.76. The summed E-state index contributed by atoms with van der Waals surface area (Å²) in [5.41, 5.74) is 2.01. The highest BCUT2D eigenvalue weighted by Crippen LogP contribution is 2.36. The minimum Gasteiger partial charge on any atom is -0.311 e. The molecule has 0 aromatic carbocycles. The number of pyridine rings is 1. The van der Waals surface area contributed by atoms with Gasteiger partial charge in [0.15, 0.2) is 0 Å². The Morgan fingerprint density at radius 1 is 1.35 bits per heavy atom. The van der Waals surface area contributed by atoms with Crippen molar-refractivity contribution in [1.82, 2.24) is 20.3 Å². The summed E-state index contributed by atoms with van der Waals surface area (Å²) < 4.78 is 0. The van der Waals surface area contributed by atoms with Crippen LogP contribution in [0.15, 0.2) is 35.5 Å². The lowest BCUT2D eigenvalue weighted by molar-refractivity contribution is 0.289. The van der Waals surface area contributed by atoms with E-state index in [9.17, 15) is 4.79 Å². The predicted octanol–water partition coefficient (Wildman–Crippen LogP) is 1.51. The molecule has 2 heterocycles. The first-order valence-electron chi connectivity index (χ1n) is 6.90. The van der Waals surface area contributed by atoms with Crippen molar-refractivity contribution in [3.8, 4) is 0 Å². The molecule has 0 radical (unpaired) electrons. The molecule has 1 aliphatic carbocycles. The number of nitrogens with one attached hydrogen (secondary N) is 2. The first kappa shape index (κ1) is 13.0. The highest BCUT2D eigenvalue weighted by Gasteiger charge is 2.29. The molecule has 0 bridgehead atoms. The van der Waals surface area contributed by atoms with E-state index in [1.54, 1.807) is 13.1 Å². The van der Waals surface area contributed by atoms with E-state index in [1.807, 2.05) is 12.4 Å². The van der Waals surface area contributed by atoms with E-state index < -0.39 is 0 Å². The molecule has 2 N–H and O–H groups in total. The molecule has 5 nitrogen and oxygen atoms in total. The van der Waals surface area contributed by atoms with E-state index in [1.165, 1.54) is 5.56 Å². The molecule has 1 saturated carbocycles. The Labute approximate surface area is 117 Å². The Morgan fingerprint density at radius 3 is 2.80 bits per heavy atom. The van der Waals surface area contributed by atoms with Gasteiger partial charge in [0.1, 0.15) is 5.82 Å². The number of hydrogen-bond acceptors (Lipinski definition) is 4. The topological polar surface area (TPSA) is 70.7 Å². The number of aromatic amines is 1. The van der Waals surface area contributed by atoms with E-state index in [0.29, 0.717) is 29.9 Å². The minimum absolute atomic E-state index is 0.0463. The van der Waals surface area contributed by atoms with E-state index in [4.69, 9.17) is 0 Å². The third kappa shape index (κ3) is 2.77. The lowest BCUT2D eigenvalue weighted by Crippen LogP contribution is -2.40. The van der Waals surface area contributed by atoms with E-state index >= 15 is 0 Å². The van der Waals surface area contributed by atoms with Crippen LogP contribution >= 0.6 is 0 Å². The summed E-state index contributed by atoms with van der Waals surface area (Å²) in [4.78, 5) is 22.6. The number of aromatic nitrogens is 3. The van der Waals surface area contributed by atoms with E-state index in [0.717, 1.165) is 12.8 Å². The summed E-state index contributed by atoms with van der Waals surface area (Å²) in [5.74, 6) is 1.27. The largest absolute Gasteiger partial charge is 0.311 e. The van der Waals surface area contributed by atoms with Crippen LogP contribution in [-0.2, 0) is 6.54 Å². The van der Waals surface area contributed by atoms with Crippen molar-refractivity contribution in [2.24, 2.45) is 0 Å². The third-order valence-corrected chi connectivity index (χ3v) is 3.90. The van der Waals surface area contributed by atoms with Gasteiger partial charge in [-0.25, -0.2) is 4.98 Å². The Kier molecular flexibility index (Phi) is 3.60. The SMILES string of the molecule is Cc1ncc(CNC2CC(c3ccncc3)C2)c(=O)[nH]1. The predicted molar refractivity (Wildman–Crippen MR) is 76.4 cm³/mol. The van der Waals surface area contributed by atoms with Gasteiger partial charge in [-0.1, -0.05) is 0 Å². The maximum atomic E-state index is 11.7. The number of aryl methyl sites for hydroxylation is 1. The summed E-state index contributed by atoms with van der Waals surface area (Å²) in [6, 6.07) is 4.64. The first-order chi connectivity index (χ1) is 9.72. The highest BCUT2D eigenvalue weighted by molar-refractivity contribution is 5.20. The number of hydrogen-bond donors (Lipinski definition) is 2. The Balaban J connectivity index is 1.51. The monoisotopic (exact) mass is 270 g/mol. The lowest BCUT2D eigenvalue weighted by Gasteiger charge is -2.36. The summed E-state index contributed by atoms with van der Waals surface area (Å²) in [7, 11) is 0. The molecule has 0 aliphatic heterocycles. The Morgan fingerprint density at radius 2 is 2.10 bits per heavy atom. The second-order valence-corrected chi connectivity index (χ2v) is 5.35. The summed E-state index contributed by atoms with van der Waals surface area (Å²) in [5, 5.41) is 3.42. The van der Waals surface area contributed by atoms with Gasteiger partial charge >= 0.3 is 0 Å². The summed E-state index contributed by atoms with van der Waals surface area (Å²) in [6.07, 6.45) is 7.56. The number of H-pyrrole nitrogens is 1. The van der Waals surface area contributed by atoms with Crippen LogP contribution in [0.25, 0.3) is 0 Å². The molecule has 0 saturated heterocycles. The molecular formula is C15H18N4O. The molecule has 3 rings (SSSR count). The average Bonchev–Trinajstić information content (AvgIpc) is 2.40. The van der Waals surface area contributed by atoms with Crippen molar-refractivity contribution >= 4 is 0 Å². The molecule has 1 fully saturated rings. The smallest absolute Gasteiger partial charge is 0.255 e. The number of nitrogens with zero attached hydrogens (tertiary/aromatic N) is 2. The standard InChI is InChI=1S/C15H18N4O/c1-10-17-8-13(15(20)19-10)9-18-14-6-12(7-14)11-2-4-16-5-3-11/h2-5,8,12,14,18H,6-7,9H2,1H3,(H,17,19,20). The highest BCUT2D eigenvalue weighted by atomic mass is 16.1. The molecule has 1 aliphatic rings. The zero-order chi connectivity index (χ0) is 13.9. The van der Waals surface area contributed by atoms with Crippen molar-refractivity contribution in [1.29, 1.82) is 0 Å². The molecule has 2 aromatic heterocycles. The molecule has 20 heavy (non-hydrogen) atoms. The van der Waals surface area contributed by atoms with Crippen molar-refractivity contribution < 1.29 is 0 Å². The minimum atomic E-state index is -0.0463. The second kappa shape index (κ2) is 5.54. The molecule has 0 unspecified atom stereocenters. The van der Waals surface area contributed by atoms with Gasteiger partial charge < -0.3 is 10.3 Å². The van der Waals surface area contributed by atoms with Gasteiger partial charge in [-0.15, -0.1) is 0 Å². The fourth-order valence-electron chi connectivity index (χ4n) is 2.58. The van der Waals surface area contributed by atoms with Crippen LogP contribution in [0.3, 0.4) is 0 Å². The Bertz CT molecular complexity index is 632. The molecule has 0 spiro atoms. The first-order valence-corrected chi connectivity index (χ1v) is 6.90. The second-order valence-electron chi connectivity index (χ2n) is 5.35. The molecule has 0 amide bonds. The third-order valence-electron chi connectivity index (χ3n) is 3.90. The van der Waals surface area contributed by atoms with Gasteiger partial charge in [0.05, 0.1) is 0 Å². The average molecular weight is 270 g/mol. The van der Waals surface area contributed by atoms with Crippen molar-refractivity contribution in [3.05, 3.63) is 58.0 Å². The van der Waals surface area contributed by atoms with Crippen LogP contribution < -0.4 is 10.9 Å². The maximum absolute atomic E-state index is 11.7. The van der Waals surface area contributed by atoms with Crippen molar-refractivity contribution in [2.45, 2.75) is 38.3 Å². The Hall–Kier alpha value is -2.01. The van der Waals surface area contributed by atoms with Gasteiger partial charge in [-0.05, 0) is 43.4 Å². The zero-order valence-electron chi connectivity index (χ0n) is 11.5. The van der Waals surface area contributed by atoms with Gasteiger partial charge in [-0.2, -0.15) is 0 Å². The van der Waals surface area contributed by atoms with Gasteiger partial charge in [0.25, 0.3) is 5.56 Å².